The molecule has 2 aromatic carbocycles. The molecule has 25 heavy (non-hydrogen) atoms. The zero-order valence-corrected chi connectivity index (χ0v) is 13.8. The molecule has 1 amide bonds. The molecule has 2 aromatic heterocycles. The Bertz CT molecular complexity index is 1050. The molecule has 4 rings (SSSR count). The van der Waals surface area contributed by atoms with Gasteiger partial charge in [0.15, 0.2) is 0 Å². The average Bonchev–Trinajstić information content (AvgIpc) is 3.04. The van der Waals surface area contributed by atoms with Crippen LogP contribution in [0.3, 0.4) is 0 Å². The maximum absolute atomic E-state index is 12.6. The molecule has 6 heteroatoms. The predicted octanol–water partition coefficient (Wildman–Crippen LogP) is 2.80. The number of fused-ring (bicyclic) bond motifs is 2. The highest BCUT2D eigenvalue weighted by atomic mass is 16.1. The molecule has 2 heterocycles. The van der Waals surface area contributed by atoms with Crippen molar-refractivity contribution in [2.45, 2.75) is 19.5 Å². The molecule has 0 bridgehead atoms. The summed E-state index contributed by atoms with van der Waals surface area (Å²) in [6.07, 6.45) is 1.66. The Labute approximate surface area is 144 Å². The quantitative estimate of drug-likeness (QED) is 0.624. The molecule has 1 atom stereocenters. The van der Waals surface area contributed by atoms with Crippen molar-refractivity contribution in [1.82, 2.24) is 25.3 Å². The number of hydrogen-bond donors (Lipinski definition) is 1. The summed E-state index contributed by atoms with van der Waals surface area (Å²) in [5.74, 6) is -0.186. The van der Waals surface area contributed by atoms with Crippen LogP contribution in [0.15, 0.2) is 60.8 Å². The second kappa shape index (κ2) is 6.32. The van der Waals surface area contributed by atoms with E-state index in [9.17, 15) is 4.79 Å². The molecule has 6 nitrogen and oxygen atoms in total. The molecule has 1 N–H and O–H groups in total. The molecule has 0 spiro atoms. The van der Waals surface area contributed by atoms with Crippen LogP contribution < -0.4 is 5.32 Å². The number of pyridine rings is 1. The minimum absolute atomic E-state index is 0.113. The molecule has 0 radical (unpaired) electrons. The number of nitrogens with one attached hydrogen (secondary N) is 1. The first kappa shape index (κ1) is 15.3. The number of carbonyl (C=O) groups is 1. The topological polar surface area (TPSA) is 72.7 Å². The van der Waals surface area contributed by atoms with Gasteiger partial charge in [-0.15, -0.1) is 5.10 Å². The van der Waals surface area contributed by atoms with Crippen molar-refractivity contribution in [2.75, 3.05) is 0 Å². The largest absolute Gasteiger partial charge is 0.346 e. The van der Waals surface area contributed by atoms with E-state index >= 15 is 0 Å². The first-order valence-electron chi connectivity index (χ1n) is 8.15. The molecule has 0 fully saturated rings. The van der Waals surface area contributed by atoms with Gasteiger partial charge in [-0.1, -0.05) is 41.6 Å². The van der Waals surface area contributed by atoms with Crippen molar-refractivity contribution in [3.05, 3.63) is 66.5 Å². The number of rotatable bonds is 4. The highest BCUT2D eigenvalue weighted by Gasteiger charge is 2.15. The maximum atomic E-state index is 12.6. The zero-order chi connectivity index (χ0) is 17.2. The van der Waals surface area contributed by atoms with Gasteiger partial charge in [-0.2, -0.15) is 0 Å². The molecule has 0 saturated carbocycles. The summed E-state index contributed by atoms with van der Waals surface area (Å²) in [5.41, 5.74) is 2.23. The first-order valence-corrected chi connectivity index (χ1v) is 8.15. The molecule has 0 aliphatic carbocycles. The van der Waals surface area contributed by atoms with Gasteiger partial charge in [-0.05, 0) is 30.5 Å². The van der Waals surface area contributed by atoms with Crippen LogP contribution in [0.5, 0.6) is 0 Å². The summed E-state index contributed by atoms with van der Waals surface area (Å²) in [4.78, 5) is 16.9. The Hall–Kier alpha value is -3.28. The van der Waals surface area contributed by atoms with E-state index in [0.29, 0.717) is 12.2 Å². The number of amides is 1. The lowest BCUT2D eigenvalue weighted by atomic mass is 10.1. The van der Waals surface area contributed by atoms with Crippen LogP contribution in [0, 0.1) is 0 Å². The number of para-hydroxylation sites is 1. The smallest absolute Gasteiger partial charge is 0.270 e. The number of aromatic nitrogens is 4. The van der Waals surface area contributed by atoms with Gasteiger partial charge in [0, 0.05) is 17.6 Å². The highest BCUT2D eigenvalue weighted by molar-refractivity contribution is 6.05. The van der Waals surface area contributed by atoms with E-state index in [1.165, 1.54) is 0 Å². The van der Waals surface area contributed by atoms with Gasteiger partial charge in [-0.25, -0.2) is 4.68 Å². The van der Waals surface area contributed by atoms with E-state index in [2.05, 4.69) is 20.6 Å². The Balaban J connectivity index is 1.54. The lowest BCUT2D eigenvalue weighted by Crippen LogP contribution is -2.36. The summed E-state index contributed by atoms with van der Waals surface area (Å²) in [5, 5.41) is 13.1. The lowest BCUT2D eigenvalue weighted by Gasteiger charge is -2.14. The standard InChI is InChI=1S/C19H17N5O/c1-13(12-24-17-9-5-4-8-16(17)22-23-24)21-19(25)18-15-7-3-2-6-14(15)10-11-20-18/h2-11,13H,12H2,1H3,(H,21,25)/t13-/m0/s1. The van der Waals surface area contributed by atoms with Crippen molar-refractivity contribution in [3.63, 3.8) is 0 Å². The summed E-state index contributed by atoms with van der Waals surface area (Å²) >= 11 is 0. The second-order valence-corrected chi connectivity index (χ2v) is 6.02. The number of hydrogen-bond acceptors (Lipinski definition) is 4. The van der Waals surface area contributed by atoms with Gasteiger partial charge in [0.2, 0.25) is 0 Å². The summed E-state index contributed by atoms with van der Waals surface area (Å²) in [6, 6.07) is 17.3. The maximum Gasteiger partial charge on any atom is 0.270 e. The molecule has 0 aliphatic rings. The van der Waals surface area contributed by atoms with Crippen LogP contribution in [-0.2, 0) is 6.54 Å². The van der Waals surface area contributed by atoms with E-state index < -0.39 is 0 Å². The third-order valence-electron chi connectivity index (χ3n) is 4.13. The molecule has 124 valence electrons. The normalized spacial score (nSPS) is 12.4. The first-order chi connectivity index (χ1) is 12.2. The van der Waals surface area contributed by atoms with Crippen molar-refractivity contribution < 1.29 is 4.79 Å². The monoisotopic (exact) mass is 331 g/mol. The van der Waals surface area contributed by atoms with Gasteiger partial charge in [0.25, 0.3) is 5.91 Å². The van der Waals surface area contributed by atoms with Crippen molar-refractivity contribution >= 4 is 27.7 Å². The number of carbonyl (C=O) groups excluding carboxylic acids is 1. The van der Waals surface area contributed by atoms with Gasteiger partial charge in [0.1, 0.15) is 11.2 Å². The molecule has 0 aliphatic heterocycles. The highest BCUT2D eigenvalue weighted by Crippen LogP contribution is 2.16. The second-order valence-electron chi connectivity index (χ2n) is 6.02. The minimum atomic E-state index is -0.186. The number of nitrogens with zero attached hydrogens (tertiary/aromatic N) is 4. The molecule has 4 aromatic rings. The van der Waals surface area contributed by atoms with E-state index in [1.807, 2.05) is 61.5 Å². The predicted molar refractivity (Wildman–Crippen MR) is 96.2 cm³/mol. The fraction of sp³-hybridized carbons (Fsp3) is 0.158. The van der Waals surface area contributed by atoms with Gasteiger partial charge in [0.05, 0.1) is 12.1 Å². The summed E-state index contributed by atoms with van der Waals surface area (Å²) in [6.45, 7) is 2.48. The van der Waals surface area contributed by atoms with Crippen LogP contribution in [0.1, 0.15) is 17.4 Å². The van der Waals surface area contributed by atoms with Crippen LogP contribution in [0.4, 0.5) is 0 Å². The molecule has 0 unspecified atom stereocenters. The Morgan fingerprint density at radius 3 is 2.84 bits per heavy atom. The summed E-state index contributed by atoms with van der Waals surface area (Å²) in [7, 11) is 0. The van der Waals surface area contributed by atoms with Crippen LogP contribution in [0.25, 0.3) is 21.8 Å². The van der Waals surface area contributed by atoms with Gasteiger partial charge in [-0.3, -0.25) is 9.78 Å². The third-order valence-corrected chi connectivity index (χ3v) is 4.13. The Morgan fingerprint density at radius 2 is 1.92 bits per heavy atom. The van der Waals surface area contributed by atoms with Crippen molar-refractivity contribution in [1.29, 1.82) is 0 Å². The van der Waals surface area contributed by atoms with Gasteiger partial charge < -0.3 is 5.32 Å². The fourth-order valence-electron chi connectivity index (χ4n) is 2.95. The zero-order valence-electron chi connectivity index (χ0n) is 13.8. The van der Waals surface area contributed by atoms with Gasteiger partial charge >= 0.3 is 0 Å². The Morgan fingerprint density at radius 1 is 1.12 bits per heavy atom. The van der Waals surface area contributed by atoms with E-state index in [0.717, 1.165) is 21.8 Å². The minimum Gasteiger partial charge on any atom is -0.346 e. The molecule has 0 saturated heterocycles. The van der Waals surface area contributed by atoms with E-state index in [-0.39, 0.29) is 11.9 Å². The van der Waals surface area contributed by atoms with Crippen LogP contribution >= 0.6 is 0 Å². The Kier molecular flexibility index (Phi) is 3.85. The molecular formula is C19H17N5O. The van der Waals surface area contributed by atoms with Crippen LogP contribution in [0.2, 0.25) is 0 Å². The van der Waals surface area contributed by atoms with E-state index in [1.54, 1.807) is 10.9 Å². The SMILES string of the molecule is C[C@@H](Cn1nnc2ccccc21)NC(=O)c1nccc2ccccc12. The number of benzene rings is 2. The summed E-state index contributed by atoms with van der Waals surface area (Å²) < 4.78 is 1.80. The lowest BCUT2D eigenvalue weighted by molar-refractivity contribution is 0.0933. The van der Waals surface area contributed by atoms with E-state index in [4.69, 9.17) is 0 Å². The van der Waals surface area contributed by atoms with Crippen molar-refractivity contribution in [2.24, 2.45) is 0 Å². The third kappa shape index (κ3) is 2.94. The molecular weight excluding hydrogens is 314 g/mol. The average molecular weight is 331 g/mol. The van der Waals surface area contributed by atoms with Crippen LogP contribution in [-0.4, -0.2) is 31.9 Å². The van der Waals surface area contributed by atoms with Crippen molar-refractivity contribution in [3.8, 4) is 0 Å². The fourth-order valence-corrected chi connectivity index (χ4v) is 2.95.